The molecule has 1 aliphatic heterocycles. The highest BCUT2D eigenvalue weighted by atomic mass is 16.4. The molecule has 102 valence electrons. The Bertz CT molecular complexity index is 366. The summed E-state index contributed by atoms with van der Waals surface area (Å²) in [4.78, 5) is 14.2. The van der Waals surface area contributed by atoms with E-state index < -0.39 is 11.5 Å². The van der Waals surface area contributed by atoms with Gasteiger partial charge in [0.25, 0.3) is 0 Å². The Labute approximate surface area is 106 Å². The topological polar surface area (TPSA) is 99.2 Å². The molecule has 6 nitrogen and oxygen atoms in total. The van der Waals surface area contributed by atoms with Gasteiger partial charge in [-0.1, -0.05) is 18.5 Å². The third-order valence-electron chi connectivity index (χ3n) is 4.42. The summed E-state index contributed by atoms with van der Waals surface area (Å²) in [6.07, 6.45) is 2.48. The van der Waals surface area contributed by atoms with Crippen molar-refractivity contribution in [3.63, 3.8) is 0 Å². The summed E-state index contributed by atoms with van der Waals surface area (Å²) in [6, 6.07) is 0. The Morgan fingerprint density at radius 3 is 2.61 bits per heavy atom. The Hall–Kier alpha value is -1.30. The van der Waals surface area contributed by atoms with E-state index in [1.54, 1.807) is 4.90 Å². The zero-order chi connectivity index (χ0) is 13.3. The molecule has 0 spiro atoms. The number of β-amino-alcohol motifs (C(OH)–C–C–N with tert-alkyl or cyclic N) is 1. The number of oxime groups is 1. The van der Waals surface area contributed by atoms with E-state index in [1.807, 2.05) is 6.92 Å². The van der Waals surface area contributed by atoms with Gasteiger partial charge in [-0.3, -0.25) is 4.79 Å². The van der Waals surface area contributed by atoms with Crippen molar-refractivity contribution >= 4 is 11.7 Å². The summed E-state index contributed by atoms with van der Waals surface area (Å²) in [5.41, 5.74) is 4.85. The maximum Gasteiger partial charge on any atom is 0.236 e. The zero-order valence-corrected chi connectivity index (χ0v) is 10.7. The zero-order valence-electron chi connectivity index (χ0n) is 10.7. The van der Waals surface area contributed by atoms with Gasteiger partial charge in [-0.25, -0.2) is 0 Å². The fraction of sp³-hybridized carbons (Fsp3) is 0.833. The number of hydrogen-bond acceptors (Lipinski definition) is 4. The number of piperidine rings is 1. The predicted molar refractivity (Wildman–Crippen MR) is 66.1 cm³/mol. The van der Waals surface area contributed by atoms with Crippen LogP contribution in [0, 0.1) is 11.3 Å². The second-order valence-corrected chi connectivity index (χ2v) is 5.51. The van der Waals surface area contributed by atoms with E-state index in [4.69, 9.17) is 10.9 Å². The molecular weight excluding hydrogens is 234 g/mol. The number of aliphatic hydroxyl groups excluding tert-OH is 1. The van der Waals surface area contributed by atoms with Crippen LogP contribution in [0.3, 0.4) is 0 Å². The fourth-order valence-electron chi connectivity index (χ4n) is 2.74. The second kappa shape index (κ2) is 4.76. The van der Waals surface area contributed by atoms with Gasteiger partial charge in [0, 0.05) is 13.1 Å². The maximum atomic E-state index is 12.5. The minimum atomic E-state index is -0.824. The maximum absolute atomic E-state index is 12.5. The highest BCUT2D eigenvalue weighted by Crippen LogP contribution is 2.43. The SMILES string of the molecule is CC1CCN(C(=O)C2(C(N)=NO)CCC2)CC1O. The van der Waals surface area contributed by atoms with Crippen molar-refractivity contribution < 1.29 is 15.1 Å². The average Bonchev–Trinajstić information content (AvgIpc) is 2.30. The van der Waals surface area contributed by atoms with Gasteiger partial charge in [-0.2, -0.15) is 0 Å². The summed E-state index contributed by atoms with van der Waals surface area (Å²) in [6.45, 7) is 2.97. The number of carbonyl (C=O) groups excluding carboxylic acids is 1. The van der Waals surface area contributed by atoms with Gasteiger partial charge in [0.1, 0.15) is 5.41 Å². The summed E-state index contributed by atoms with van der Waals surface area (Å²) in [5, 5.41) is 21.7. The van der Waals surface area contributed by atoms with Gasteiger partial charge in [-0.05, 0) is 25.2 Å². The van der Waals surface area contributed by atoms with Crippen LogP contribution in [0.1, 0.15) is 32.6 Å². The number of likely N-dealkylation sites (tertiary alicyclic amines) is 1. The number of amidine groups is 1. The first-order chi connectivity index (χ1) is 8.51. The molecule has 2 aliphatic rings. The monoisotopic (exact) mass is 255 g/mol. The summed E-state index contributed by atoms with van der Waals surface area (Å²) in [5.74, 6) is 0.122. The largest absolute Gasteiger partial charge is 0.409 e. The molecule has 0 aromatic carbocycles. The molecule has 0 radical (unpaired) electrons. The van der Waals surface area contributed by atoms with Crippen LogP contribution in [0.15, 0.2) is 5.16 Å². The van der Waals surface area contributed by atoms with Crippen LogP contribution in [-0.4, -0.2) is 46.1 Å². The summed E-state index contributed by atoms with van der Waals surface area (Å²) < 4.78 is 0. The van der Waals surface area contributed by atoms with E-state index in [0.717, 1.165) is 12.8 Å². The minimum absolute atomic E-state index is 0.00635. The molecule has 6 heteroatoms. The van der Waals surface area contributed by atoms with Crippen LogP contribution < -0.4 is 5.73 Å². The van der Waals surface area contributed by atoms with Crippen LogP contribution in [0.5, 0.6) is 0 Å². The number of amides is 1. The van der Waals surface area contributed by atoms with Crippen LogP contribution in [0.4, 0.5) is 0 Å². The van der Waals surface area contributed by atoms with Gasteiger partial charge in [0.2, 0.25) is 5.91 Å². The molecule has 1 saturated carbocycles. The molecular formula is C12H21N3O3. The molecule has 0 aromatic heterocycles. The van der Waals surface area contributed by atoms with E-state index in [1.165, 1.54) is 0 Å². The molecule has 1 aliphatic carbocycles. The van der Waals surface area contributed by atoms with Crippen LogP contribution in [0.25, 0.3) is 0 Å². The Kier molecular flexibility index (Phi) is 3.47. The molecule has 4 N–H and O–H groups in total. The molecule has 1 saturated heterocycles. The predicted octanol–water partition coefficient (Wildman–Crippen LogP) is 0.132. The second-order valence-electron chi connectivity index (χ2n) is 5.51. The molecule has 2 rings (SSSR count). The van der Waals surface area contributed by atoms with Crippen LogP contribution >= 0.6 is 0 Å². The third-order valence-corrected chi connectivity index (χ3v) is 4.42. The lowest BCUT2D eigenvalue weighted by atomic mass is 9.66. The average molecular weight is 255 g/mol. The highest BCUT2D eigenvalue weighted by molar-refractivity contribution is 6.07. The lowest BCUT2D eigenvalue weighted by Gasteiger charge is -2.44. The van der Waals surface area contributed by atoms with Gasteiger partial charge < -0.3 is 20.9 Å². The van der Waals surface area contributed by atoms with Gasteiger partial charge in [0.15, 0.2) is 5.84 Å². The van der Waals surface area contributed by atoms with Crippen molar-refractivity contribution in [3.05, 3.63) is 0 Å². The number of nitrogens with zero attached hydrogens (tertiary/aromatic N) is 2. The molecule has 2 unspecified atom stereocenters. The van der Waals surface area contributed by atoms with E-state index in [9.17, 15) is 9.90 Å². The number of aliphatic hydroxyl groups is 1. The van der Waals surface area contributed by atoms with E-state index in [0.29, 0.717) is 25.9 Å². The van der Waals surface area contributed by atoms with Crippen molar-refractivity contribution in [2.75, 3.05) is 13.1 Å². The molecule has 0 aromatic rings. The van der Waals surface area contributed by atoms with Crippen LogP contribution in [0.2, 0.25) is 0 Å². The highest BCUT2D eigenvalue weighted by Gasteiger charge is 2.51. The van der Waals surface area contributed by atoms with Crippen molar-refractivity contribution in [1.29, 1.82) is 0 Å². The van der Waals surface area contributed by atoms with Crippen molar-refractivity contribution in [2.45, 2.75) is 38.7 Å². The van der Waals surface area contributed by atoms with Crippen LogP contribution in [-0.2, 0) is 4.79 Å². The molecule has 2 atom stereocenters. The van der Waals surface area contributed by atoms with Crippen molar-refractivity contribution in [1.82, 2.24) is 4.90 Å². The van der Waals surface area contributed by atoms with Gasteiger partial charge in [0.05, 0.1) is 6.10 Å². The number of carbonyl (C=O) groups is 1. The Morgan fingerprint density at radius 1 is 1.50 bits per heavy atom. The quantitative estimate of drug-likeness (QED) is 0.283. The summed E-state index contributed by atoms with van der Waals surface area (Å²) in [7, 11) is 0. The summed E-state index contributed by atoms with van der Waals surface area (Å²) >= 11 is 0. The van der Waals surface area contributed by atoms with E-state index >= 15 is 0 Å². The van der Waals surface area contributed by atoms with Crippen molar-refractivity contribution in [3.8, 4) is 0 Å². The van der Waals surface area contributed by atoms with Crippen molar-refractivity contribution in [2.24, 2.45) is 22.2 Å². The number of hydrogen-bond donors (Lipinski definition) is 3. The fourth-order valence-corrected chi connectivity index (χ4v) is 2.74. The first-order valence-electron chi connectivity index (χ1n) is 6.46. The molecule has 0 bridgehead atoms. The lowest BCUT2D eigenvalue weighted by Crippen LogP contribution is -2.58. The lowest BCUT2D eigenvalue weighted by molar-refractivity contribution is -0.146. The number of nitrogens with two attached hydrogens (primary N) is 1. The standard InChI is InChI=1S/C12H21N3O3/c1-8-3-6-15(7-9(8)16)11(17)12(4-2-5-12)10(13)14-18/h8-9,16,18H,2-7H2,1H3,(H2,13,14). The minimum Gasteiger partial charge on any atom is -0.409 e. The van der Waals surface area contributed by atoms with Gasteiger partial charge >= 0.3 is 0 Å². The molecule has 1 heterocycles. The third kappa shape index (κ3) is 1.94. The van der Waals surface area contributed by atoms with Gasteiger partial charge in [-0.15, -0.1) is 0 Å². The first-order valence-corrected chi connectivity index (χ1v) is 6.46. The van der Waals surface area contributed by atoms with E-state index in [-0.39, 0.29) is 17.7 Å². The molecule has 1 amide bonds. The first kappa shape index (κ1) is 13.1. The Morgan fingerprint density at radius 2 is 2.17 bits per heavy atom. The molecule has 18 heavy (non-hydrogen) atoms. The smallest absolute Gasteiger partial charge is 0.236 e. The van der Waals surface area contributed by atoms with E-state index in [2.05, 4.69) is 5.16 Å². The Balaban J connectivity index is 2.11. The normalized spacial score (nSPS) is 31.9. The number of rotatable bonds is 2. The molecule has 2 fully saturated rings.